The van der Waals surface area contributed by atoms with Gasteiger partial charge in [-0.05, 0) is 19.1 Å². The van der Waals surface area contributed by atoms with Crippen molar-refractivity contribution >= 4 is 5.91 Å². The van der Waals surface area contributed by atoms with Crippen LogP contribution < -0.4 is 4.74 Å². The number of carbonyl (C=O) groups is 1. The summed E-state index contributed by atoms with van der Waals surface area (Å²) in [5, 5.41) is 0. The Hall–Kier alpha value is -2.34. The Labute approximate surface area is 135 Å². The number of amides is 1. The van der Waals surface area contributed by atoms with Gasteiger partial charge < -0.3 is 18.9 Å². The van der Waals surface area contributed by atoms with E-state index in [1.807, 2.05) is 55.1 Å². The highest BCUT2D eigenvalue weighted by Crippen LogP contribution is 2.21. The molecule has 0 spiro atoms. The number of hydrogen-bond donors (Lipinski definition) is 0. The fraction of sp³-hybridized carbons (Fsp3) is 0.412. The summed E-state index contributed by atoms with van der Waals surface area (Å²) in [7, 11) is 1.94. The van der Waals surface area contributed by atoms with Crippen molar-refractivity contribution in [3.8, 4) is 5.75 Å². The van der Waals surface area contributed by atoms with E-state index in [9.17, 15) is 4.79 Å². The minimum absolute atomic E-state index is 0.0342. The number of ether oxygens (including phenoxy) is 2. The van der Waals surface area contributed by atoms with E-state index in [0.717, 1.165) is 11.5 Å². The van der Waals surface area contributed by atoms with Gasteiger partial charge in [0.2, 0.25) is 0 Å². The Kier molecular flexibility index (Phi) is 4.62. The van der Waals surface area contributed by atoms with Crippen LogP contribution in [-0.4, -0.2) is 46.7 Å². The number of aromatic nitrogens is 2. The molecule has 1 saturated heterocycles. The Balaban J connectivity index is 1.59. The van der Waals surface area contributed by atoms with Gasteiger partial charge in [-0.1, -0.05) is 18.2 Å². The normalized spacial score (nSPS) is 18.0. The highest BCUT2D eigenvalue weighted by molar-refractivity contribution is 5.77. The van der Waals surface area contributed by atoms with Crippen molar-refractivity contribution in [1.29, 1.82) is 0 Å². The van der Waals surface area contributed by atoms with E-state index in [1.165, 1.54) is 0 Å². The molecule has 0 aliphatic carbocycles. The molecule has 2 aromatic rings. The zero-order valence-electron chi connectivity index (χ0n) is 13.4. The van der Waals surface area contributed by atoms with Crippen LogP contribution in [0.15, 0.2) is 36.5 Å². The number of carbonyl (C=O) groups excluding carboxylic acids is 1. The maximum Gasteiger partial charge on any atom is 0.260 e. The predicted molar refractivity (Wildman–Crippen MR) is 85.2 cm³/mol. The van der Waals surface area contributed by atoms with Gasteiger partial charge in [0.05, 0.1) is 18.8 Å². The number of hydrogen-bond acceptors (Lipinski definition) is 4. The Morgan fingerprint density at radius 2 is 2.17 bits per heavy atom. The largest absolute Gasteiger partial charge is 0.484 e. The topological polar surface area (TPSA) is 56.6 Å². The average molecular weight is 315 g/mol. The fourth-order valence-electron chi connectivity index (χ4n) is 2.72. The number of nitrogens with zero attached hydrogens (tertiary/aromatic N) is 3. The minimum Gasteiger partial charge on any atom is -0.484 e. The maximum atomic E-state index is 12.4. The van der Waals surface area contributed by atoms with E-state index in [0.29, 0.717) is 25.4 Å². The van der Waals surface area contributed by atoms with E-state index >= 15 is 0 Å². The second kappa shape index (κ2) is 6.83. The predicted octanol–water partition coefficient (Wildman–Crippen LogP) is 1.71. The first-order valence-corrected chi connectivity index (χ1v) is 7.70. The smallest absolute Gasteiger partial charge is 0.260 e. The van der Waals surface area contributed by atoms with Gasteiger partial charge in [-0.3, -0.25) is 4.79 Å². The lowest BCUT2D eigenvalue weighted by atomic mass is 10.2. The summed E-state index contributed by atoms with van der Waals surface area (Å²) < 4.78 is 13.3. The van der Waals surface area contributed by atoms with E-state index < -0.39 is 0 Å². The molecule has 0 radical (unpaired) electrons. The quantitative estimate of drug-likeness (QED) is 0.862. The third kappa shape index (κ3) is 3.71. The molecule has 0 bridgehead atoms. The molecule has 1 fully saturated rings. The van der Waals surface area contributed by atoms with E-state index in [-0.39, 0.29) is 18.6 Å². The number of aryl methyl sites for hydroxylation is 2. The third-order valence-corrected chi connectivity index (χ3v) is 3.85. The van der Waals surface area contributed by atoms with Crippen LogP contribution in [0.3, 0.4) is 0 Å². The highest BCUT2D eigenvalue weighted by atomic mass is 16.5. The number of rotatable bonds is 4. The zero-order valence-corrected chi connectivity index (χ0v) is 13.4. The molecule has 1 aliphatic rings. The summed E-state index contributed by atoms with van der Waals surface area (Å²) in [5.74, 6) is 1.52. The second-order valence-corrected chi connectivity index (χ2v) is 5.65. The Bertz CT molecular complexity index is 669. The standard InChI is InChI=1S/C17H21N3O3/c1-13-10-19(2)17(18-13)15-11-20(8-9-22-15)16(21)12-23-14-6-4-3-5-7-14/h3-7,10,15H,8-9,11-12H2,1-2H3. The summed E-state index contributed by atoms with van der Waals surface area (Å²) >= 11 is 0. The van der Waals surface area contributed by atoms with Gasteiger partial charge >= 0.3 is 0 Å². The molecular weight excluding hydrogens is 294 g/mol. The molecule has 3 rings (SSSR count). The van der Waals surface area contributed by atoms with Crippen molar-refractivity contribution in [2.24, 2.45) is 7.05 Å². The van der Waals surface area contributed by atoms with Crippen LogP contribution in [0.1, 0.15) is 17.6 Å². The summed E-state index contributed by atoms with van der Waals surface area (Å²) in [6.45, 7) is 3.57. The molecule has 6 heteroatoms. The lowest BCUT2D eigenvalue weighted by Gasteiger charge is -2.32. The van der Waals surface area contributed by atoms with Crippen LogP contribution in [-0.2, 0) is 16.6 Å². The summed E-state index contributed by atoms with van der Waals surface area (Å²) in [6.07, 6.45) is 1.76. The van der Waals surface area contributed by atoms with Crippen LogP contribution >= 0.6 is 0 Å². The molecule has 6 nitrogen and oxygen atoms in total. The first-order chi connectivity index (χ1) is 11.1. The molecule has 1 aromatic heterocycles. The number of imidazole rings is 1. The first kappa shape index (κ1) is 15.6. The van der Waals surface area contributed by atoms with Gasteiger partial charge in [0, 0.05) is 19.8 Å². The molecule has 23 heavy (non-hydrogen) atoms. The van der Waals surface area contributed by atoms with Crippen molar-refractivity contribution < 1.29 is 14.3 Å². The molecule has 1 aliphatic heterocycles. The van der Waals surface area contributed by atoms with E-state index in [1.54, 1.807) is 4.90 Å². The van der Waals surface area contributed by atoms with Gasteiger partial charge in [-0.15, -0.1) is 0 Å². The monoisotopic (exact) mass is 315 g/mol. The summed E-state index contributed by atoms with van der Waals surface area (Å²) in [6, 6.07) is 9.36. The molecule has 0 saturated carbocycles. The highest BCUT2D eigenvalue weighted by Gasteiger charge is 2.28. The molecule has 2 heterocycles. The lowest BCUT2D eigenvalue weighted by Crippen LogP contribution is -2.44. The lowest BCUT2D eigenvalue weighted by molar-refractivity contribution is -0.141. The Morgan fingerprint density at radius 3 is 2.87 bits per heavy atom. The van der Waals surface area contributed by atoms with Crippen molar-refractivity contribution in [3.63, 3.8) is 0 Å². The van der Waals surface area contributed by atoms with Crippen molar-refractivity contribution in [2.75, 3.05) is 26.3 Å². The van der Waals surface area contributed by atoms with Gasteiger partial charge in [-0.25, -0.2) is 4.98 Å². The van der Waals surface area contributed by atoms with Crippen molar-refractivity contribution in [3.05, 3.63) is 48.0 Å². The molecular formula is C17H21N3O3. The second-order valence-electron chi connectivity index (χ2n) is 5.65. The third-order valence-electron chi connectivity index (χ3n) is 3.85. The van der Waals surface area contributed by atoms with Crippen LogP contribution in [0, 0.1) is 6.92 Å². The molecule has 1 amide bonds. The summed E-state index contributed by atoms with van der Waals surface area (Å²) in [4.78, 5) is 18.6. The zero-order chi connectivity index (χ0) is 16.2. The van der Waals surface area contributed by atoms with Crippen LogP contribution in [0.25, 0.3) is 0 Å². The van der Waals surface area contributed by atoms with Crippen LogP contribution in [0.2, 0.25) is 0 Å². The molecule has 0 N–H and O–H groups in total. The number of para-hydroxylation sites is 1. The van der Waals surface area contributed by atoms with Crippen LogP contribution in [0.5, 0.6) is 5.75 Å². The minimum atomic E-state index is -0.192. The van der Waals surface area contributed by atoms with E-state index in [4.69, 9.17) is 9.47 Å². The van der Waals surface area contributed by atoms with Gasteiger partial charge in [0.15, 0.2) is 6.61 Å². The molecule has 1 atom stereocenters. The van der Waals surface area contributed by atoms with E-state index in [2.05, 4.69) is 4.98 Å². The molecule has 1 unspecified atom stereocenters. The van der Waals surface area contributed by atoms with Gasteiger partial charge in [0.25, 0.3) is 5.91 Å². The average Bonchev–Trinajstić information content (AvgIpc) is 2.92. The molecule has 1 aromatic carbocycles. The van der Waals surface area contributed by atoms with Gasteiger partial charge in [0.1, 0.15) is 17.7 Å². The summed E-state index contributed by atoms with van der Waals surface area (Å²) in [5.41, 5.74) is 0.946. The maximum absolute atomic E-state index is 12.4. The van der Waals surface area contributed by atoms with Crippen molar-refractivity contribution in [2.45, 2.75) is 13.0 Å². The fourth-order valence-corrected chi connectivity index (χ4v) is 2.72. The first-order valence-electron chi connectivity index (χ1n) is 7.70. The SMILES string of the molecule is Cc1cn(C)c(C2CN(C(=O)COc3ccccc3)CCO2)n1. The number of morpholine rings is 1. The van der Waals surface area contributed by atoms with Gasteiger partial charge in [-0.2, -0.15) is 0 Å². The molecule has 122 valence electrons. The van der Waals surface area contributed by atoms with Crippen molar-refractivity contribution in [1.82, 2.24) is 14.5 Å². The van der Waals surface area contributed by atoms with Crippen LogP contribution in [0.4, 0.5) is 0 Å². The number of benzene rings is 1. The Morgan fingerprint density at radius 1 is 1.39 bits per heavy atom.